The first-order valence-corrected chi connectivity index (χ1v) is 6.46. The number of alkyl halides is 6. The molecule has 0 unspecified atom stereocenters. The number of halogens is 6. The Hall–Kier alpha value is -0.900. The smallest absolute Gasteiger partial charge is 0.446 e. The molecule has 10 heteroatoms. The first-order valence-electron chi connectivity index (χ1n) is 4.83. The minimum Gasteiger partial charge on any atom is -0.493 e. The molecule has 0 aliphatic carbocycles. The number of ether oxygens (including phenoxy) is 2. The van der Waals surface area contributed by atoms with Crippen LogP contribution in [0.25, 0.3) is 0 Å². The largest absolute Gasteiger partial charge is 0.493 e. The molecule has 0 aromatic heterocycles. The van der Waals surface area contributed by atoms with Gasteiger partial charge in [0.2, 0.25) is 0 Å². The van der Waals surface area contributed by atoms with Crippen molar-refractivity contribution < 1.29 is 35.8 Å². The summed E-state index contributed by atoms with van der Waals surface area (Å²) in [7, 11) is 2.35. The first-order chi connectivity index (χ1) is 9.05. The highest BCUT2D eigenvalue weighted by Gasteiger charge is 2.35. The number of hydrogen-bond donors (Lipinski definition) is 0. The summed E-state index contributed by atoms with van der Waals surface area (Å²) >= 11 is -1.28. The van der Waals surface area contributed by atoms with Crippen molar-refractivity contribution in [2.75, 3.05) is 14.2 Å². The van der Waals surface area contributed by atoms with Crippen LogP contribution in [0.2, 0.25) is 0 Å². The highest BCUT2D eigenvalue weighted by molar-refractivity contribution is 8.03. The van der Waals surface area contributed by atoms with Crippen LogP contribution in [0, 0.1) is 0 Å². The van der Waals surface area contributed by atoms with Crippen LogP contribution in [0.1, 0.15) is 0 Å². The highest BCUT2D eigenvalue weighted by Crippen LogP contribution is 2.49. The maximum atomic E-state index is 12.4. The van der Waals surface area contributed by atoms with Gasteiger partial charge in [0.25, 0.3) is 0 Å². The summed E-state index contributed by atoms with van der Waals surface area (Å²) < 4.78 is 83.8. The SMILES string of the molecule is COc1cc(SC(F)(F)F)c(SC(F)(F)F)cc1OC. The zero-order valence-corrected chi connectivity index (χ0v) is 11.7. The third-order valence-corrected chi connectivity index (χ3v) is 3.61. The van der Waals surface area contributed by atoms with Gasteiger partial charge in [-0.15, -0.1) is 0 Å². The lowest BCUT2D eigenvalue weighted by atomic mass is 10.3. The molecular weight excluding hydrogens is 330 g/mol. The van der Waals surface area contributed by atoms with E-state index in [1.165, 1.54) is 14.2 Å². The van der Waals surface area contributed by atoms with Gasteiger partial charge >= 0.3 is 11.0 Å². The predicted octanol–water partition coefficient (Wildman–Crippen LogP) is 4.93. The normalized spacial score (nSPS) is 12.4. The Morgan fingerprint density at radius 3 is 1.25 bits per heavy atom. The molecule has 0 aliphatic rings. The summed E-state index contributed by atoms with van der Waals surface area (Å²) in [5.74, 6) is -0.156. The number of hydrogen-bond acceptors (Lipinski definition) is 4. The van der Waals surface area contributed by atoms with Crippen LogP contribution in [0.4, 0.5) is 26.3 Å². The molecule has 0 atom stereocenters. The Bertz CT molecular complexity index is 429. The highest BCUT2D eigenvalue weighted by atomic mass is 32.2. The number of methoxy groups -OCH3 is 2. The van der Waals surface area contributed by atoms with Gasteiger partial charge in [0.05, 0.1) is 14.2 Å². The maximum absolute atomic E-state index is 12.4. The topological polar surface area (TPSA) is 18.5 Å². The Kier molecular flexibility index (Phi) is 5.36. The van der Waals surface area contributed by atoms with Crippen LogP contribution in [0.15, 0.2) is 21.9 Å². The van der Waals surface area contributed by atoms with Gasteiger partial charge in [0.1, 0.15) is 0 Å². The van der Waals surface area contributed by atoms with Crippen molar-refractivity contribution in [3.05, 3.63) is 12.1 Å². The van der Waals surface area contributed by atoms with Crippen molar-refractivity contribution >= 4 is 23.5 Å². The van der Waals surface area contributed by atoms with Crippen molar-refractivity contribution in [1.82, 2.24) is 0 Å². The van der Waals surface area contributed by atoms with E-state index < -0.39 is 44.3 Å². The lowest BCUT2D eigenvalue weighted by molar-refractivity contribution is -0.0346. The summed E-state index contributed by atoms with van der Waals surface area (Å²) in [5.41, 5.74) is -9.42. The van der Waals surface area contributed by atoms with E-state index in [4.69, 9.17) is 9.47 Å². The summed E-state index contributed by atoms with van der Waals surface area (Å²) in [6, 6.07) is 1.73. The van der Waals surface area contributed by atoms with Crippen molar-refractivity contribution in [3.63, 3.8) is 0 Å². The molecule has 0 radical (unpaired) electrons. The summed E-state index contributed by atoms with van der Waals surface area (Å²) in [4.78, 5) is -1.20. The average molecular weight is 338 g/mol. The van der Waals surface area contributed by atoms with Gasteiger partial charge < -0.3 is 9.47 Å². The van der Waals surface area contributed by atoms with Crippen LogP contribution in [-0.4, -0.2) is 25.2 Å². The van der Waals surface area contributed by atoms with Crippen LogP contribution >= 0.6 is 23.5 Å². The molecule has 0 spiro atoms. The van der Waals surface area contributed by atoms with Crippen molar-refractivity contribution in [3.8, 4) is 11.5 Å². The van der Waals surface area contributed by atoms with Crippen LogP contribution < -0.4 is 9.47 Å². The molecule has 0 saturated heterocycles. The van der Waals surface area contributed by atoms with E-state index in [1.807, 2.05) is 0 Å². The van der Waals surface area contributed by atoms with Crippen molar-refractivity contribution in [2.45, 2.75) is 20.8 Å². The Morgan fingerprint density at radius 1 is 0.750 bits per heavy atom. The molecule has 0 amide bonds. The van der Waals surface area contributed by atoms with E-state index in [9.17, 15) is 26.3 Å². The first kappa shape index (κ1) is 17.2. The Labute approximate surface area is 118 Å². The molecule has 2 nitrogen and oxygen atoms in total. The lowest BCUT2D eigenvalue weighted by Gasteiger charge is -2.16. The molecule has 1 aromatic rings. The monoisotopic (exact) mass is 338 g/mol. The fourth-order valence-corrected chi connectivity index (χ4v) is 2.65. The van der Waals surface area contributed by atoms with Gasteiger partial charge in [-0.05, 0) is 35.7 Å². The van der Waals surface area contributed by atoms with Gasteiger partial charge in [0, 0.05) is 9.79 Å². The Balaban J connectivity index is 3.29. The second-order valence-corrected chi connectivity index (χ2v) is 5.46. The second-order valence-electron chi connectivity index (χ2n) is 3.25. The molecule has 1 rings (SSSR count). The number of thioether (sulfide) groups is 2. The van der Waals surface area contributed by atoms with Crippen LogP contribution in [0.3, 0.4) is 0 Å². The lowest BCUT2D eigenvalue weighted by Crippen LogP contribution is -2.04. The Morgan fingerprint density at radius 2 is 1.05 bits per heavy atom. The molecule has 0 aliphatic heterocycles. The third kappa shape index (κ3) is 5.23. The fourth-order valence-electron chi connectivity index (χ4n) is 1.25. The molecule has 1 aromatic carbocycles. The van der Waals surface area contributed by atoms with Crippen molar-refractivity contribution in [2.24, 2.45) is 0 Å². The van der Waals surface area contributed by atoms with E-state index in [2.05, 4.69) is 0 Å². The number of rotatable bonds is 4. The standard InChI is InChI=1S/C10H8F6O2S2/c1-17-5-3-7(19-9(11,12)13)8(4-6(5)18-2)20-10(14,15)16/h3-4H,1-2H3. The zero-order chi connectivity index (χ0) is 15.6. The molecule has 0 heterocycles. The van der Waals surface area contributed by atoms with Crippen LogP contribution in [-0.2, 0) is 0 Å². The summed E-state index contributed by atoms with van der Waals surface area (Å²) in [5, 5.41) is 0. The van der Waals surface area contributed by atoms with Gasteiger partial charge in [-0.1, -0.05) is 0 Å². The minimum absolute atomic E-state index is 0.0780. The zero-order valence-electron chi connectivity index (χ0n) is 10.1. The third-order valence-electron chi connectivity index (χ3n) is 1.90. The van der Waals surface area contributed by atoms with E-state index in [-0.39, 0.29) is 11.5 Å². The maximum Gasteiger partial charge on any atom is 0.446 e. The van der Waals surface area contributed by atoms with E-state index in [1.54, 1.807) is 0 Å². The van der Waals surface area contributed by atoms with Crippen molar-refractivity contribution in [1.29, 1.82) is 0 Å². The molecule has 114 valence electrons. The van der Waals surface area contributed by atoms with Gasteiger partial charge in [-0.25, -0.2) is 0 Å². The molecular formula is C10H8F6O2S2. The van der Waals surface area contributed by atoms with E-state index >= 15 is 0 Å². The molecule has 20 heavy (non-hydrogen) atoms. The van der Waals surface area contributed by atoms with Gasteiger partial charge in [0.15, 0.2) is 11.5 Å². The van der Waals surface area contributed by atoms with E-state index in [0.717, 1.165) is 12.1 Å². The fraction of sp³-hybridized carbons (Fsp3) is 0.400. The molecule has 0 bridgehead atoms. The molecule has 0 saturated carbocycles. The average Bonchev–Trinajstić information content (AvgIpc) is 2.27. The minimum atomic E-state index is -4.71. The van der Waals surface area contributed by atoms with E-state index in [0.29, 0.717) is 0 Å². The number of benzene rings is 1. The van der Waals surface area contributed by atoms with Gasteiger partial charge in [-0.2, -0.15) is 26.3 Å². The quantitative estimate of drug-likeness (QED) is 0.572. The second kappa shape index (κ2) is 6.25. The summed E-state index contributed by atoms with van der Waals surface area (Å²) in [6.45, 7) is 0. The van der Waals surface area contributed by atoms with Crippen LogP contribution in [0.5, 0.6) is 11.5 Å². The molecule has 0 fully saturated rings. The van der Waals surface area contributed by atoms with Gasteiger partial charge in [-0.3, -0.25) is 0 Å². The molecule has 0 N–H and O–H groups in total. The predicted molar refractivity (Wildman–Crippen MR) is 63.4 cm³/mol. The summed E-state index contributed by atoms with van der Waals surface area (Å²) in [6.07, 6.45) is 0.